The summed E-state index contributed by atoms with van der Waals surface area (Å²) in [6.45, 7) is 2.43. The molecule has 19 heavy (non-hydrogen) atoms. The van der Waals surface area contributed by atoms with E-state index < -0.39 is 0 Å². The molecule has 2 N–H and O–H groups in total. The van der Waals surface area contributed by atoms with Crippen LogP contribution in [-0.4, -0.2) is 32.8 Å². The predicted octanol–water partition coefficient (Wildman–Crippen LogP) is 1.01. The summed E-state index contributed by atoms with van der Waals surface area (Å²) in [5, 5.41) is 3.89. The Morgan fingerprint density at radius 1 is 1.26 bits per heavy atom. The smallest absolute Gasteiger partial charge is 0.256 e. The molecule has 0 aliphatic carbocycles. The van der Waals surface area contributed by atoms with E-state index in [1.54, 1.807) is 12.4 Å². The van der Waals surface area contributed by atoms with Crippen molar-refractivity contribution in [1.29, 1.82) is 0 Å². The second-order valence-electron chi connectivity index (χ2n) is 4.60. The zero-order chi connectivity index (χ0) is 13.2. The Hall–Kier alpha value is -1.86. The molecule has 3 heterocycles. The summed E-state index contributed by atoms with van der Waals surface area (Å²) in [7, 11) is 0. The van der Waals surface area contributed by atoms with Gasteiger partial charge in [-0.05, 0) is 25.3 Å². The average molecular weight is 261 g/mol. The number of hydrogen-bond acceptors (Lipinski definition) is 7. The standard InChI is InChI=1S/C12H15N5O2/c1-7-5-14-10(15-6-7)11-16-12(19-17-11)9-3-2-8(4-13)18-9/h5-6,8-9H,2-4,13H2,1H3. The van der Waals surface area contributed by atoms with Gasteiger partial charge in [0.2, 0.25) is 11.6 Å². The van der Waals surface area contributed by atoms with Crippen LogP contribution >= 0.6 is 0 Å². The van der Waals surface area contributed by atoms with Crippen molar-refractivity contribution in [2.75, 3.05) is 6.54 Å². The molecule has 0 amide bonds. The number of rotatable bonds is 3. The molecule has 3 rings (SSSR count). The molecule has 0 bridgehead atoms. The molecular formula is C12H15N5O2. The Labute approximate surface area is 110 Å². The molecule has 2 unspecified atom stereocenters. The number of nitrogens with two attached hydrogens (primary N) is 1. The van der Waals surface area contributed by atoms with Gasteiger partial charge in [-0.15, -0.1) is 0 Å². The van der Waals surface area contributed by atoms with Crippen molar-refractivity contribution in [3.05, 3.63) is 23.8 Å². The van der Waals surface area contributed by atoms with Gasteiger partial charge in [-0.1, -0.05) is 5.16 Å². The molecule has 2 aromatic heterocycles. The highest BCUT2D eigenvalue weighted by atomic mass is 16.5. The predicted molar refractivity (Wildman–Crippen MR) is 66.0 cm³/mol. The largest absolute Gasteiger partial charge is 0.364 e. The minimum atomic E-state index is -0.166. The van der Waals surface area contributed by atoms with Crippen LogP contribution in [0, 0.1) is 6.92 Å². The lowest BCUT2D eigenvalue weighted by atomic mass is 10.2. The van der Waals surface area contributed by atoms with Crippen LogP contribution in [-0.2, 0) is 4.74 Å². The molecule has 1 aliphatic heterocycles. The second-order valence-corrected chi connectivity index (χ2v) is 4.60. The highest BCUT2D eigenvalue weighted by Crippen LogP contribution is 2.31. The number of ether oxygens (including phenoxy) is 1. The molecule has 0 spiro atoms. The zero-order valence-corrected chi connectivity index (χ0v) is 10.6. The van der Waals surface area contributed by atoms with E-state index in [2.05, 4.69) is 20.1 Å². The third-order valence-corrected chi connectivity index (χ3v) is 3.07. The third-order valence-electron chi connectivity index (χ3n) is 3.07. The van der Waals surface area contributed by atoms with Gasteiger partial charge in [0.05, 0.1) is 6.10 Å². The van der Waals surface area contributed by atoms with Gasteiger partial charge in [0.15, 0.2) is 0 Å². The summed E-state index contributed by atoms with van der Waals surface area (Å²) >= 11 is 0. The summed E-state index contributed by atoms with van der Waals surface area (Å²) in [4.78, 5) is 12.6. The normalized spacial score (nSPS) is 22.8. The van der Waals surface area contributed by atoms with E-state index in [1.807, 2.05) is 6.92 Å². The van der Waals surface area contributed by atoms with Crippen molar-refractivity contribution < 1.29 is 9.26 Å². The fourth-order valence-electron chi connectivity index (χ4n) is 2.03. The van der Waals surface area contributed by atoms with Crippen molar-refractivity contribution in [2.24, 2.45) is 5.73 Å². The van der Waals surface area contributed by atoms with E-state index in [9.17, 15) is 0 Å². The van der Waals surface area contributed by atoms with Crippen molar-refractivity contribution in [3.8, 4) is 11.6 Å². The lowest BCUT2D eigenvalue weighted by Crippen LogP contribution is -2.18. The van der Waals surface area contributed by atoms with E-state index in [0.29, 0.717) is 24.1 Å². The molecule has 2 aromatic rings. The van der Waals surface area contributed by atoms with Crippen LogP contribution in [0.25, 0.3) is 11.6 Å². The molecule has 7 heteroatoms. The lowest BCUT2D eigenvalue weighted by Gasteiger charge is -2.07. The SMILES string of the molecule is Cc1cnc(-c2noc(C3CCC(CN)O3)n2)nc1. The first-order valence-corrected chi connectivity index (χ1v) is 6.24. The van der Waals surface area contributed by atoms with Gasteiger partial charge in [-0.3, -0.25) is 0 Å². The molecule has 0 saturated carbocycles. The summed E-state index contributed by atoms with van der Waals surface area (Å²) in [5.74, 6) is 1.30. The third kappa shape index (κ3) is 2.47. The molecule has 2 atom stereocenters. The summed E-state index contributed by atoms with van der Waals surface area (Å²) < 4.78 is 10.9. The molecule has 1 saturated heterocycles. The molecule has 0 aromatic carbocycles. The van der Waals surface area contributed by atoms with Crippen LogP contribution in [0.1, 0.15) is 30.4 Å². The van der Waals surface area contributed by atoms with Crippen LogP contribution in [0.15, 0.2) is 16.9 Å². The van der Waals surface area contributed by atoms with E-state index >= 15 is 0 Å². The number of nitrogens with zero attached hydrogens (tertiary/aromatic N) is 4. The lowest BCUT2D eigenvalue weighted by molar-refractivity contribution is 0.0307. The maximum absolute atomic E-state index is 5.70. The molecule has 7 nitrogen and oxygen atoms in total. The van der Waals surface area contributed by atoms with E-state index in [4.69, 9.17) is 15.0 Å². The highest BCUT2D eigenvalue weighted by molar-refractivity contribution is 5.41. The first-order valence-electron chi connectivity index (χ1n) is 6.24. The Balaban J connectivity index is 1.78. The van der Waals surface area contributed by atoms with Gasteiger partial charge in [0, 0.05) is 18.9 Å². The Morgan fingerprint density at radius 3 is 2.74 bits per heavy atom. The van der Waals surface area contributed by atoms with E-state index in [1.165, 1.54) is 0 Å². The minimum Gasteiger partial charge on any atom is -0.364 e. The van der Waals surface area contributed by atoms with Crippen LogP contribution in [0.3, 0.4) is 0 Å². The molecule has 100 valence electrons. The summed E-state index contributed by atoms with van der Waals surface area (Å²) in [5.41, 5.74) is 6.56. The molecule has 1 fully saturated rings. The monoisotopic (exact) mass is 261 g/mol. The number of aryl methyl sites for hydroxylation is 1. The maximum atomic E-state index is 5.70. The van der Waals surface area contributed by atoms with E-state index in [-0.39, 0.29) is 12.2 Å². The van der Waals surface area contributed by atoms with Crippen LogP contribution in [0.2, 0.25) is 0 Å². The fourth-order valence-corrected chi connectivity index (χ4v) is 2.03. The van der Waals surface area contributed by atoms with Gasteiger partial charge in [0.1, 0.15) is 6.10 Å². The first kappa shape index (κ1) is 12.2. The number of hydrogen-bond donors (Lipinski definition) is 1. The van der Waals surface area contributed by atoms with Gasteiger partial charge < -0.3 is 15.0 Å². The summed E-state index contributed by atoms with van der Waals surface area (Å²) in [6, 6.07) is 0. The van der Waals surface area contributed by atoms with Gasteiger partial charge in [-0.2, -0.15) is 4.98 Å². The maximum Gasteiger partial charge on any atom is 0.256 e. The number of aromatic nitrogens is 4. The van der Waals surface area contributed by atoms with Crippen LogP contribution < -0.4 is 5.73 Å². The van der Waals surface area contributed by atoms with E-state index in [0.717, 1.165) is 18.4 Å². The van der Waals surface area contributed by atoms with Gasteiger partial charge in [-0.25, -0.2) is 9.97 Å². The molecular weight excluding hydrogens is 246 g/mol. The summed E-state index contributed by atoms with van der Waals surface area (Å²) in [6.07, 6.45) is 5.11. The van der Waals surface area contributed by atoms with Crippen LogP contribution in [0.4, 0.5) is 0 Å². The average Bonchev–Trinajstić information content (AvgIpc) is 3.08. The van der Waals surface area contributed by atoms with Gasteiger partial charge in [0.25, 0.3) is 5.89 Å². The quantitative estimate of drug-likeness (QED) is 0.880. The van der Waals surface area contributed by atoms with Crippen LogP contribution in [0.5, 0.6) is 0 Å². The van der Waals surface area contributed by atoms with Gasteiger partial charge >= 0.3 is 0 Å². The Bertz CT molecular complexity index is 554. The minimum absolute atomic E-state index is 0.0796. The van der Waals surface area contributed by atoms with Crippen molar-refractivity contribution in [3.63, 3.8) is 0 Å². The topological polar surface area (TPSA) is 100.0 Å². The molecule has 1 aliphatic rings. The van der Waals surface area contributed by atoms with Crippen molar-refractivity contribution in [2.45, 2.75) is 32.0 Å². The Kier molecular flexibility index (Phi) is 3.22. The fraction of sp³-hybridized carbons (Fsp3) is 0.500. The second kappa shape index (κ2) is 5.02. The first-order chi connectivity index (χ1) is 9.26. The Morgan fingerprint density at radius 2 is 2.05 bits per heavy atom. The van der Waals surface area contributed by atoms with Crippen molar-refractivity contribution in [1.82, 2.24) is 20.1 Å². The van der Waals surface area contributed by atoms with Crippen molar-refractivity contribution >= 4 is 0 Å². The zero-order valence-electron chi connectivity index (χ0n) is 10.6. The molecule has 0 radical (unpaired) electrons. The highest BCUT2D eigenvalue weighted by Gasteiger charge is 2.30.